The van der Waals surface area contributed by atoms with E-state index in [1.54, 1.807) is 36.8 Å². The molecule has 0 saturated carbocycles. The highest BCUT2D eigenvalue weighted by molar-refractivity contribution is 7.84. The summed E-state index contributed by atoms with van der Waals surface area (Å²) in [6, 6.07) is 5.09. The van der Waals surface area contributed by atoms with Crippen LogP contribution in [0.4, 0.5) is 5.69 Å². The van der Waals surface area contributed by atoms with Crippen LogP contribution >= 0.6 is 0 Å². The lowest BCUT2D eigenvalue weighted by atomic mass is 10.4. The summed E-state index contributed by atoms with van der Waals surface area (Å²) in [4.78, 5) is 12.0. The van der Waals surface area contributed by atoms with Crippen LogP contribution in [0.2, 0.25) is 0 Å². The minimum Gasteiger partial charge on any atom is -0.396 e. The molecule has 16 heavy (non-hydrogen) atoms. The predicted molar refractivity (Wildman–Crippen MR) is 60.8 cm³/mol. The Morgan fingerprint density at radius 3 is 2.50 bits per heavy atom. The van der Waals surface area contributed by atoms with Crippen molar-refractivity contribution in [3.05, 3.63) is 42.6 Å². The number of hydrogen-bond acceptors (Lipinski definition) is 5. The molecule has 0 fully saturated rings. The van der Waals surface area contributed by atoms with Crippen molar-refractivity contribution in [3.8, 4) is 0 Å². The van der Waals surface area contributed by atoms with Crippen LogP contribution in [0.15, 0.2) is 41.8 Å². The molecule has 0 spiro atoms. The van der Waals surface area contributed by atoms with Gasteiger partial charge in [-0.2, -0.15) is 0 Å². The smallest absolute Gasteiger partial charge is 0.150 e. The highest BCUT2D eigenvalue weighted by atomic mass is 32.2. The van der Waals surface area contributed by atoms with Gasteiger partial charge < -0.3 is 5.73 Å². The molecule has 1 unspecified atom stereocenters. The van der Waals surface area contributed by atoms with E-state index in [2.05, 4.69) is 15.0 Å². The fourth-order valence-electron chi connectivity index (χ4n) is 1.18. The third-order valence-corrected chi connectivity index (χ3v) is 3.19. The van der Waals surface area contributed by atoms with Crippen molar-refractivity contribution in [2.24, 2.45) is 0 Å². The molecule has 0 saturated heterocycles. The monoisotopic (exact) mass is 234 g/mol. The molecule has 82 valence electrons. The van der Waals surface area contributed by atoms with Gasteiger partial charge in [-0.05, 0) is 18.2 Å². The van der Waals surface area contributed by atoms with E-state index in [4.69, 9.17) is 5.73 Å². The van der Waals surface area contributed by atoms with Gasteiger partial charge in [-0.25, -0.2) is 15.0 Å². The highest BCUT2D eigenvalue weighted by Crippen LogP contribution is 2.14. The van der Waals surface area contributed by atoms with Crippen molar-refractivity contribution in [2.45, 2.75) is 10.8 Å². The van der Waals surface area contributed by atoms with Gasteiger partial charge in [-0.1, -0.05) is 0 Å². The number of hydrogen-bond donors (Lipinski definition) is 1. The Bertz CT molecular complexity index is 503. The molecule has 5 nitrogen and oxygen atoms in total. The zero-order chi connectivity index (χ0) is 11.4. The summed E-state index contributed by atoms with van der Waals surface area (Å²) in [5.74, 6) is 0.744. The molecule has 2 aromatic rings. The Balaban J connectivity index is 2.19. The minimum absolute atomic E-state index is 0.224. The molecule has 0 amide bonds. The molecular formula is C10H10N4OS. The highest BCUT2D eigenvalue weighted by Gasteiger charge is 2.10. The molecule has 0 aliphatic carbocycles. The van der Waals surface area contributed by atoms with Gasteiger partial charge in [0.15, 0.2) is 5.03 Å². The first kappa shape index (κ1) is 10.7. The van der Waals surface area contributed by atoms with Crippen LogP contribution in [0.5, 0.6) is 0 Å². The topological polar surface area (TPSA) is 81.8 Å². The van der Waals surface area contributed by atoms with Gasteiger partial charge in [-0.15, -0.1) is 0 Å². The second kappa shape index (κ2) is 4.80. The quantitative estimate of drug-likeness (QED) is 0.848. The molecule has 2 aromatic heterocycles. The van der Waals surface area contributed by atoms with Crippen molar-refractivity contribution >= 4 is 16.5 Å². The largest absolute Gasteiger partial charge is 0.396 e. The SMILES string of the molecule is Nc1cccnc1S(=O)Cc1ncccn1. The molecular weight excluding hydrogens is 224 g/mol. The van der Waals surface area contributed by atoms with E-state index < -0.39 is 10.8 Å². The maximum absolute atomic E-state index is 11.9. The lowest BCUT2D eigenvalue weighted by Crippen LogP contribution is -2.05. The van der Waals surface area contributed by atoms with E-state index in [0.717, 1.165) is 0 Å². The number of rotatable bonds is 3. The Kier molecular flexibility index (Phi) is 3.21. The Morgan fingerprint density at radius 1 is 1.12 bits per heavy atom. The third kappa shape index (κ3) is 2.40. The first-order chi connectivity index (χ1) is 7.77. The van der Waals surface area contributed by atoms with Crippen LogP contribution in [0, 0.1) is 0 Å². The van der Waals surface area contributed by atoms with Gasteiger partial charge in [0, 0.05) is 18.6 Å². The Labute approximate surface area is 95.2 Å². The summed E-state index contributed by atoms with van der Waals surface area (Å²) in [6.45, 7) is 0. The average Bonchev–Trinajstić information content (AvgIpc) is 2.31. The molecule has 0 aliphatic rings. The van der Waals surface area contributed by atoms with Crippen LogP contribution in [0.3, 0.4) is 0 Å². The third-order valence-electron chi connectivity index (χ3n) is 1.90. The van der Waals surface area contributed by atoms with E-state index in [1.807, 2.05) is 0 Å². The lowest BCUT2D eigenvalue weighted by molar-refractivity contribution is 0.679. The van der Waals surface area contributed by atoms with Gasteiger partial charge in [0.25, 0.3) is 0 Å². The van der Waals surface area contributed by atoms with Gasteiger partial charge in [0.2, 0.25) is 0 Å². The summed E-state index contributed by atoms with van der Waals surface area (Å²) >= 11 is 0. The molecule has 2 heterocycles. The van der Waals surface area contributed by atoms with Crippen LogP contribution < -0.4 is 5.73 Å². The van der Waals surface area contributed by atoms with E-state index in [-0.39, 0.29) is 5.75 Å². The number of pyridine rings is 1. The molecule has 1 atom stereocenters. The number of aromatic nitrogens is 3. The molecule has 0 aliphatic heterocycles. The van der Waals surface area contributed by atoms with Crippen LogP contribution in [0.1, 0.15) is 5.82 Å². The first-order valence-corrected chi connectivity index (χ1v) is 5.94. The summed E-state index contributed by atoms with van der Waals surface area (Å²) in [5.41, 5.74) is 6.11. The molecule has 2 N–H and O–H groups in total. The lowest BCUT2D eigenvalue weighted by Gasteiger charge is -2.02. The summed E-state index contributed by atoms with van der Waals surface area (Å²) in [7, 11) is -1.31. The molecule has 2 rings (SSSR count). The zero-order valence-corrected chi connectivity index (χ0v) is 9.22. The maximum atomic E-state index is 11.9. The predicted octanol–water partition coefficient (Wildman–Crippen LogP) is 0.762. The molecule has 6 heteroatoms. The van der Waals surface area contributed by atoms with Crippen molar-refractivity contribution in [1.82, 2.24) is 15.0 Å². The van der Waals surface area contributed by atoms with Gasteiger partial charge in [-0.3, -0.25) is 4.21 Å². The maximum Gasteiger partial charge on any atom is 0.150 e. The zero-order valence-electron chi connectivity index (χ0n) is 8.41. The normalized spacial score (nSPS) is 12.2. The number of nitrogens with zero attached hydrogens (tertiary/aromatic N) is 3. The number of nitrogen functional groups attached to an aromatic ring is 1. The second-order valence-corrected chi connectivity index (χ2v) is 4.42. The van der Waals surface area contributed by atoms with Crippen molar-refractivity contribution < 1.29 is 4.21 Å². The standard InChI is InChI=1S/C10H10N4OS/c11-8-3-1-4-14-10(8)16(15)7-9-12-5-2-6-13-9/h1-6H,7,11H2. The van der Waals surface area contributed by atoms with E-state index in [9.17, 15) is 4.21 Å². The van der Waals surface area contributed by atoms with Crippen molar-refractivity contribution in [2.75, 3.05) is 5.73 Å². The van der Waals surface area contributed by atoms with E-state index >= 15 is 0 Å². The second-order valence-electron chi connectivity index (χ2n) is 3.05. The van der Waals surface area contributed by atoms with Gasteiger partial charge >= 0.3 is 0 Å². The molecule has 0 radical (unpaired) electrons. The Hall–Kier alpha value is -1.82. The first-order valence-electron chi connectivity index (χ1n) is 4.62. The molecule has 0 bridgehead atoms. The fourth-order valence-corrected chi connectivity index (χ4v) is 2.21. The van der Waals surface area contributed by atoms with Crippen LogP contribution in [-0.2, 0) is 16.6 Å². The summed E-state index contributed by atoms with van der Waals surface area (Å²) < 4.78 is 11.9. The minimum atomic E-state index is -1.31. The van der Waals surface area contributed by atoms with E-state index in [1.165, 1.54) is 0 Å². The van der Waals surface area contributed by atoms with Gasteiger partial charge in [0.05, 0.1) is 22.2 Å². The summed E-state index contributed by atoms with van der Waals surface area (Å²) in [6.07, 6.45) is 4.79. The number of nitrogens with two attached hydrogens (primary N) is 1. The Morgan fingerprint density at radius 2 is 1.81 bits per heavy atom. The fraction of sp³-hybridized carbons (Fsp3) is 0.100. The van der Waals surface area contributed by atoms with E-state index in [0.29, 0.717) is 16.5 Å². The van der Waals surface area contributed by atoms with Crippen molar-refractivity contribution in [3.63, 3.8) is 0 Å². The molecule has 0 aromatic carbocycles. The van der Waals surface area contributed by atoms with Crippen molar-refractivity contribution in [1.29, 1.82) is 0 Å². The summed E-state index contributed by atoms with van der Waals surface area (Å²) in [5, 5.41) is 0.384. The van der Waals surface area contributed by atoms with Gasteiger partial charge in [0.1, 0.15) is 5.82 Å². The number of anilines is 1. The van der Waals surface area contributed by atoms with Crippen LogP contribution in [0.25, 0.3) is 0 Å². The average molecular weight is 234 g/mol. The van der Waals surface area contributed by atoms with Crippen LogP contribution in [-0.4, -0.2) is 19.2 Å².